The van der Waals surface area contributed by atoms with E-state index in [9.17, 15) is 4.79 Å². The standard InChI is InChI=1S/C18H33N2O6/c1-6-16-13(2)14(3)17(25-15(4)21)18(26-16)24-12-11-23-10-9-22-8-7-20-19-5/h13-14,16-18H,5-12H2,1-4H3/q+1. The molecule has 0 aromatic heterocycles. The van der Waals surface area contributed by atoms with E-state index < -0.39 is 12.4 Å². The van der Waals surface area contributed by atoms with Crippen molar-refractivity contribution < 1.29 is 33.3 Å². The van der Waals surface area contributed by atoms with Crippen LogP contribution in [0.5, 0.6) is 0 Å². The maximum Gasteiger partial charge on any atom is 0.303 e. The first-order valence-corrected chi connectivity index (χ1v) is 9.23. The summed E-state index contributed by atoms with van der Waals surface area (Å²) in [6.45, 7) is 13.6. The van der Waals surface area contributed by atoms with Gasteiger partial charge in [0.2, 0.25) is 0 Å². The molecule has 0 spiro atoms. The van der Waals surface area contributed by atoms with Gasteiger partial charge in [-0.3, -0.25) is 4.79 Å². The fourth-order valence-electron chi connectivity index (χ4n) is 2.94. The molecule has 5 atom stereocenters. The van der Waals surface area contributed by atoms with Crippen LogP contribution in [0.25, 0.3) is 0 Å². The van der Waals surface area contributed by atoms with Crippen molar-refractivity contribution in [3.63, 3.8) is 0 Å². The molecule has 1 rings (SSSR count). The lowest BCUT2D eigenvalue weighted by Gasteiger charge is -2.43. The summed E-state index contributed by atoms with van der Waals surface area (Å²) < 4.78 is 28.1. The topological polar surface area (TPSA) is 89.7 Å². The summed E-state index contributed by atoms with van der Waals surface area (Å²) in [7, 11) is 0. The third-order valence-corrected chi connectivity index (χ3v) is 4.53. The maximum atomic E-state index is 11.4. The molecule has 8 nitrogen and oxygen atoms in total. The number of carbonyl (C=O) groups excluding carboxylic acids is 1. The average molecular weight is 373 g/mol. The molecule has 0 N–H and O–H groups in total. The molecule has 1 aliphatic rings. The van der Waals surface area contributed by atoms with Crippen molar-refractivity contribution in [3.8, 4) is 0 Å². The van der Waals surface area contributed by atoms with Crippen LogP contribution in [0.2, 0.25) is 0 Å². The Hall–Kier alpha value is -1.31. The van der Waals surface area contributed by atoms with Crippen LogP contribution in [0.3, 0.4) is 0 Å². The van der Waals surface area contributed by atoms with Crippen molar-refractivity contribution in [1.29, 1.82) is 0 Å². The highest BCUT2D eigenvalue weighted by Crippen LogP contribution is 2.34. The van der Waals surface area contributed by atoms with Crippen LogP contribution in [-0.2, 0) is 28.5 Å². The minimum absolute atomic E-state index is 0.0894. The molecule has 0 aromatic carbocycles. The van der Waals surface area contributed by atoms with E-state index in [1.54, 1.807) is 0 Å². The molecule has 150 valence electrons. The highest BCUT2D eigenvalue weighted by Gasteiger charge is 2.43. The van der Waals surface area contributed by atoms with E-state index in [1.165, 1.54) is 6.92 Å². The van der Waals surface area contributed by atoms with Crippen molar-refractivity contribution in [2.45, 2.75) is 52.6 Å². The number of nitrogens with zero attached hydrogens (tertiary/aromatic N) is 2. The maximum absolute atomic E-state index is 11.4. The van der Waals surface area contributed by atoms with E-state index in [-0.39, 0.29) is 18.0 Å². The van der Waals surface area contributed by atoms with Gasteiger partial charge in [0, 0.05) is 17.6 Å². The first kappa shape index (κ1) is 22.7. The minimum atomic E-state index is -0.567. The smallest absolute Gasteiger partial charge is 0.303 e. The molecule has 26 heavy (non-hydrogen) atoms. The van der Waals surface area contributed by atoms with Gasteiger partial charge in [0.15, 0.2) is 12.4 Å². The number of ether oxygens (including phenoxy) is 5. The molecule has 0 aromatic rings. The van der Waals surface area contributed by atoms with Gasteiger partial charge in [-0.05, 0) is 12.3 Å². The van der Waals surface area contributed by atoms with Crippen molar-refractivity contribution >= 4 is 12.7 Å². The van der Waals surface area contributed by atoms with Crippen molar-refractivity contribution in [2.24, 2.45) is 17.0 Å². The third kappa shape index (κ3) is 7.93. The Balaban J connectivity index is 2.30. The minimum Gasteiger partial charge on any atom is -0.457 e. The molecule has 1 saturated heterocycles. The zero-order valence-corrected chi connectivity index (χ0v) is 16.4. The zero-order valence-electron chi connectivity index (χ0n) is 16.4. The number of hydrogen-bond acceptors (Lipinski definition) is 7. The van der Waals surface area contributed by atoms with Crippen LogP contribution >= 0.6 is 0 Å². The van der Waals surface area contributed by atoms with Gasteiger partial charge in [0.1, 0.15) is 6.54 Å². The second kappa shape index (κ2) is 12.9. The molecule has 1 aliphatic heterocycles. The predicted octanol–water partition coefficient (Wildman–Crippen LogP) is 1.74. The van der Waals surface area contributed by atoms with Gasteiger partial charge in [-0.25, -0.2) is 0 Å². The van der Waals surface area contributed by atoms with Crippen LogP contribution < -0.4 is 0 Å². The van der Waals surface area contributed by atoms with Gasteiger partial charge in [0.25, 0.3) is 6.72 Å². The summed E-state index contributed by atoms with van der Waals surface area (Å²) in [6, 6.07) is 0. The molecule has 8 heteroatoms. The largest absolute Gasteiger partial charge is 0.457 e. The van der Waals surface area contributed by atoms with Crippen molar-refractivity contribution in [1.82, 2.24) is 0 Å². The molecular formula is C18H33N2O6+. The Kier molecular flexibility index (Phi) is 11.3. The number of esters is 1. The van der Waals surface area contributed by atoms with E-state index >= 15 is 0 Å². The average Bonchev–Trinajstić information content (AvgIpc) is 2.62. The Morgan fingerprint density at radius 3 is 2.38 bits per heavy atom. The van der Waals surface area contributed by atoms with Gasteiger partial charge in [-0.2, -0.15) is 0 Å². The molecular weight excluding hydrogens is 340 g/mol. The molecule has 0 amide bonds. The van der Waals surface area contributed by atoms with E-state index in [0.29, 0.717) is 45.5 Å². The number of hydrogen-bond donors (Lipinski definition) is 0. The molecule has 0 bridgehead atoms. The Morgan fingerprint density at radius 2 is 1.77 bits per heavy atom. The van der Waals surface area contributed by atoms with E-state index in [2.05, 4.69) is 37.4 Å². The van der Waals surface area contributed by atoms with Gasteiger partial charge in [0.05, 0.1) is 44.3 Å². The van der Waals surface area contributed by atoms with Crippen molar-refractivity contribution in [2.75, 3.05) is 39.6 Å². The highest BCUT2D eigenvalue weighted by atomic mass is 16.7. The fourth-order valence-corrected chi connectivity index (χ4v) is 2.94. The summed E-state index contributed by atoms with van der Waals surface area (Å²) in [5, 5.41) is 3.70. The van der Waals surface area contributed by atoms with Crippen LogP contribution in [-0.4, -0.2) is 75.6 Å². The van der Waals surface area contributed by atoms with Gasteiger partial charge in [-0.15, -0.1) is 0 Å². The Morgan fingerprint density at radius 1 is 1.12 bits per heavy atom. The van der Waals surface area contributed by atoms with E-state index in [1.807, 2.05) is 0 Å². The monoisotopic (exact) mass is 373 g/mol. The van der Waals surface area contributed by atoms with Gasteiger partial charge in [-0.1, -0.05) is 20.8 Å². The molecule has 1 heterocycles. The lowest BCUT2D eigenvalue weighted by atomic mass is 9.82. The molecule has 0 saturated carbocycles. The first-order valence-electron chi connectivity index (χ1n) is 9.23. The lowest BCUT2D eigenvalue weighted by molar-refractivity contribution is -0.277. The summed E-state index contributed by atoms with van der Waals surface area (Å²) in [4.78, 5) is 14.8. The summed E-state index contributed by atoms with van der Waals surface area (Å²) in [5.74, 6) is 0.126. The van der Waals surface area contributed by atoms with Crippen LogP contribution in [0, 0.1) is 11.8 Å². The number of rotatable bonds is 12. The number of carbonyl (C=O) groups is 1. The first-order chi connectivity index (χ1) is 12.5. The van der Waals surface area contributed by atoms with Gasteiger partial charge >= 0.3 is 5.97 Å². The second-order valence-corrected chi connectivity index (χ2v) is 6.35. The lowest BCUT2D eigenvalue weighted by Crippen LogP contribution is -2.52. The fraction of sp³-hybridized carbons (Fsp3) is 0.889. The quantitative estimate of drug-likeness (QED) is 0.170. The third-order valence-electron chi connectivity index (χ3n) is 4.53. The highest BCUT2D eigenvalue weighted by molar-refractivity contribution is 5.66. The predicted molar refractivity (Wildman–Crippen MR) is 95.1 cm³/mol. The zero-order chi connectivity index (χ0) is 19.4. The summed E-state index contributed by atoms with van der Waals surface area (Å²) in [5.41, 5.74) is 0. The summed E-state index contributed by atoms with van der Waals surface area (Å²) in [6.07, 6.45) is 0.00463. The van der Waals surface area contributed by atoms with E-state index in [0.717, 1.165) is 6.42 Å². The SMILES string of the molecule is C=[N+]=NCCOCCOCCOC1OC(CC)C(C)C(C)C1OC(C)=O. The Labute approximate surface area is 155 Å². The normalized spacial score (nSPS) is 28.4. The van der Waals surface area contributed by atoms with Crippen molar-refractivity contribution in [3.05, 3.63) is 0 Å². The van der Waals surface area contributed by atoms with Crippen LogP contribution in [0.15, 0.2) is 5.11 Å². The molecule has 0 aliphatic carbocycles. The van der Waals surface area contributed by atoms with Gasteiger partial charge < -0.3 is 23.7 Å². The van der Waals surface area contributed by atoms with Crippen LogP contribution in [0.1, 0.15) is 34.1 Å². The second-order valence-electron chi connectivity index (χ2n) is 6.35. The van der Waals surface area contributed by atoms with E-state index in [4.69, 9.17) is 23.7 Å². The Bertz CT molecular complexity index is 455. The molecule has 1 fully saturated rings. The molecule has 0 radical (unpaired) electrons. The summed E-state index contributed by atoms with van der Waals surface area (Å²) >= 11 is 0. The molecule has 5 unspecified atom stereocenters. The van der Waals surface area contributed by atoms with Crippen LogP contribution in [0.4, 0.5) is 0 Å².